The molecule has 0 amide bonds. The highest BCUT2D eigenvalue weighted by Gasteiger charge is 2.26. The summed E-state index contributed by atoms with van der Waals surface area (Å²) in [5.74, 6) is 0.472. The number of furan rings is 1. The van der Waals surface area contributed by atoms with Crippen LogP contribution in [0.1, 0.15) is 57.4 Å². The highest BCUT2D eigenvalue weighted by molar-refractivity contribution is 6.09. The van der Waals surface area contributed by atoms with Gasteiger partial charge in [0.15, 0.2) is 17.5 Å². The lowest BCUT2D eigenvalue weighted by molar-refractivity contribution is -0.571. The highest BCUT2D eigenvalue weighted by atomic mass is 16.3. The minimum absolute atomic E-state index is 0.472. The van der Waals surface area contributed by atoms with Crippen LogP contribution in [-0.2, 0) is 6.42 Å². The fraction of sp³-hybridized carbons (Fsp3) is 0.290. The summed E-state index contributed by atoms with van der Waals surface area (Å²) in [5, 5.41) is 2.17. The van der Waals surface area contributed by atoms with Crippen molar-refractivity contribution in [2.24, 2.45) is 5.92 Å². The van der Waals surface area contributed by atoms with Gasteiger partial charge >= 0.3 is 0 Å². The Hall–Kier alpha value is -3.46. The Bertz CT molecular complexity index is 1500. The van der Waals surface area contributed by atoms with E-state index in [9.17, 15) is 0 Å². The van der Waals surface area contributed by atoms with E-state index in [2.05, 4.69) is 98.6 Å². The standard InChI is InChI=1S/C31H33N2O/c1-7-9-23-11-13-26-27-12-10-21(5)32-31(27)34-30(26)29(23)28-18-24(14-15-33(28)22(6)8-2)25-16-19(3)20(4)17-25/h10-19H,6-9H2,1-5H3/q+1/t19-/m1/s1. The van der Waals surface area contributed by atoms with Gasteiger partial charge in [-0.3, -0.25) is 0 Å². The van der Waals surface area contributed by atoms with Crippen LogP contribution in [0.25, 0.3) is 44.6 Å². The van der Waals surface area contributed by atoms with Gasteiger partial charge in [-0.05, 0) is 61.6 Å². The summed E-state index contributed by atoms with van der Waals surface area (Å²) in [7, 11) is 0. The highest BCUT2D eigenvalue weighted by Crippen LogP contribution is 2.39. The first-order chi connectivity index (χ1) is 16.4. The Morgan fingerprint density at radius 2 is 1.88 bits per heavy atom. The van der Waals surface area contributed by atoms with E-state index in [1.165, 1.54) is 22.3 Å². The maximum atomic E-state index is 6.49. The zero-order chi connectivity index (χ0) is 24.0. The van der Waals surface area contributed by atoms with E-state index in [1.54, 1.807) is 0 Å². The van der Waals surface area contributed by atoms with Gasteiger partial charge in [-0.25, -0.2) is 4.98 Å². The van der Waals surface area contributed by atoms with Gasteiger partial charge in [0.05, 0.1) is 5.56 Å². The second-order valence-corrected chi connectivity index (χ2v) is 9.52. The monoisotopic (exact) mass is 449 g/mol. The molecule has 0 saturated heterocycles. The van der Waals surface area contributed by atoms with Crippen LogP contribution in [-0.4, -0.2) is 4.98 Å². The Morgan fingerprint density at radius 3 is 2.59 bits per heavy atom. The molecule has 1 aliphatic carbocycles. The molecule has 3 aromatic heterocycles. The third-order valence-corrected chi connectivity index (χ3v) is 7.08. The van der Waals surface area contributed by atoms with E-state index in [4.69, 9.17) is 4.42 Å². The van der Waals surface area contributed by atoms with Crippen molar-refractivity contribution >= 4 is 33.3 Å². The predicted molar refractivity (Wildman–Crippen MR) is 142 cm³/mol. The minimum Gasteiger partial charge on any atom is -0.437 e. The number of fused-ring (bicyclic) bond motifs is 3. The molecule has 1 aliphatic rings. The third-order valence-electron chi connectivity index (χ3n) is 7.08. The number of hydrogen-bond acceptors (Lipinski definition) is 2. The van der Waals surface area contributed by atoms with E-state index in [0.29, 0.717) is 11.6 Å². The predicted octanol–water partition coefficient (Wildman–Crippen LogP) is 8.06. The van der Waals surface area contributed by atoms with Gasteiger partial charge < -0.3 is 4.42 Å². The summed E-state index contributed by atoms with van der Waals surface area (Å²) in [4.78, 5) is 4.69. The molecule has 0 radical (unpaired) electrons. The first-order valence-corrected chi connectivity index (χ1v) is 12.4. The van der Waals surface area contributed by atoms with Crippen LogP contribution in [0.15, 0.2) is 71.3 Å². The smallest absolute Gasteiger partial charge is 0.227 e. The second kappa shape index (κ2) is 8.72. The van der Waals surface area contributed by atoms with Crippen molar-refractivity contribution in [3.05, 3.63) is 83.7 Å². The van der Waals surface area contributed by atoms with Gasteiger partial charge in [0.25, 0.3) is 0 Å². The molecule has 1 atom stereocenters. The summed E-state index contributed by atoms with van der Waals surface area (Å²) in [5.41, 5.74) is 11.1. The van der Waals surface area contributed by atoms with Gasteiger partial charge in [-0.15, -0.1) is 0 Å². The molecule has 1 aromatic carbocycles. The molecule has 0 N–H and O–H groups in total. The van der Waals surface area contributed by atoms with Crippen LogP contribution >= 0.6 is 0 Å². The van der Waals surface area contributed by atoms with Gasteiger partial charge in [0.1, 0.15) is 0 Å². The summed E-state index contributed by atoms with van der Waals surface area (Å²) in [6, 6.07) is 13.2. The van der Waals surface area contributed by atoms with E-state index in [0.717, 1.165) is 58.3 Å². The normalized spacial score (nSPS) is 15.7. The number of aromatic nitrogens is 2. The van der Waals surface area contributed by atoms with Crippen molar-refractivity contribution in [2.45, 2.75) is 53.9 Å². The van der Waals surface area contributed by atoms with Crippen molar-refractivity contribution in [1.82, 2.24) is 4.98 Å². The van der Waals surface area contributed by atoms with Gasteiger partial charge in [-0.2, -0.15) is 4.57 Å². The van der Waals surface area contributed by atoms with Crippen LogP contribution in [0.3, 0.4) is 0 Å². The fourth-order valence-electron chi connectivity index (χ4n) is 4.94. The lowest BCUT2D eigenvalue weighted by Crippen LogP contribution is -2.34. The molecule has 34 heavy (non-hydrogen) atoms. The van der Waals surface area contributed by atoms with Crippen molar-refractivity contribution in [1.29, 1.82) is 0 Å². The van der Waals surface area contributed by atoms with E-state index in [-0.39, 0.29) is 0 Å². The second-order valence-electron chi connectivity index (χ2n) is 9.52. The van der Waals surface area contributed by atoms with E-state index >= 15 is 0 Å². The number of benzene rings is 1. The number of nitrogens with zero attached hydrogens (tertiary/aromatic N) is 2. The molecular formula is C31H33N2O+. The molecule has 172 valence electrons. The summed E-state index contributed by atoms with van der Waals surface area (Å²) < 4.78 is 8.73. The van der Waals surface area contributed by atoms with Gasteiger partial charge in [-0.1, -0.05) is 57.0 Å². The van der Waals surface area contributed by atoms with Crippen LogP contribution in [0.2, 0.25) is 0 Å². The summed E-state index contributed by atoms with van der Waals surface area (Å²) in [6.07, 6.45) is 9.75. The number of aryl methyl sites for hydroxylation is 2. The quantitative estimate of drug-likeness (QED) is 0.279. The first kappa shape index (κ1) is 22.3. The molecule has 3 heterocycles. The van der Waals surface area contributed by atoms with Crippen LogP contribution in [0.5, 0.6) is 0 Å². The van der Waals surface area contributed by atoms with E-state index in [1.807, 2.05) is 6.92 Å². The molecule has 0 spiro atoms. The van der Waals surface area contributed by atoms with Gasteiger partial charge in [0, 0.05) is 35.0 Å². The molecule has 3 nitrogen and oxygen atoms in total. The van der Waals surface area contributed by atoms with Crippen molar-refractivity contribution in [3.8, 4) is 11.3 Å². The Kier molecular flexibility index (Phi) is 5.73. The Labute approximate surface area is 202 Å². The van der Waals surface area contributed by atoms with Crippen LogP contribution < -0.4 is 4.57 Å². The molecule has 0 unspecified atom stereocenters. The Balaban J connectivity index is 1.84. The third kappa shape index (κ3) is 3.69. The SMILES string of the molecule is C=C(CC)[n+]1ccc(C2=C[C@@H](C)C(C)=C2)cc1-c1c(CCC)ccc2c1oc1nc(C)ccc12. The number of allylic oxidation sites excluding steroid dienone is 5. The first-order valence-electron chi connectivity index (χ1n) is 12.4. The Morgan fingerprint density at radius 1 is 1.09 bits per heavy atom. The molecule has 0 saturated carbocycles. The minimum atomic E-state index is 0.472. The number of pyridine rings is 2. The molecule has 5 rings (SSSR count). The fourth-order valence-corrected chi connectivity index (χ4v) is 4.94. The average molecular weight is 450 g/mol. The molecular weight excluding hydrogens is 416 g/mol. The molecule has 4 aromatic rings. The summed E-state index contributed by atoms with van der Waals surface area (Å²) in [6.45, 7) is 15.2. The zero-order valence-corrected chi connectivity index (χ0v) is 20.9. The molecule has 0 fully saturated rings. The van der Waals surface area contributed by atoms with Gasteiger partial charge in [0.2, 0.25) is 11.4 Å². The number of rotatable bonds is 6. The zero-order valence-electron chi connectivity index (χ0n) is 20.9. The lowest BCUT2D eigenvalue weighted by Gasteiger charge is -2.12. The molecule has 3 heteroatoms. The van der Waals surface area contributed by atoms with Crippen LogP contribution in [0.4, 0.5) is 0 Å². The average Bonchev–Trinajstić information content (AvgIpc) is 3.36. The number of hydrogen-bond donors (Lipinski definition) is 0. The summed E-state index contributed by atoms with van der Waals surface area (Å²) >= 11 is 0. The van der Waals surface area contributed by atoms with Crippen molar-refractivity contribution in [3.63, 3.8) is 0 Å². The largest absolute Gasteiger partial charge is 0.437 e. The van der Waals surface area contributed by atoms with Crippen molar-refractivity contribution < 1.29 is 8.98 Å². The van der Waals surface area contributed by atoms with Crippen LogP contribution in [0, 0.1) is 12.8 Å². The molecule has 0 aliphatic heterocycles. The maximum Gasteiger partial charge on any atom is 0.227 e. The maximum absolute atomic E-state index is 6.49. The van der Waals surface area contributed by atoms with Crippen molar-refractivity contribution in [2.75, 3.05) is 0 Å². The van der Waals surface area contributed by atoms with E-state index < -0.39 is 0 Å². The molecule has 0 bridgehead atoms. The topological polar surface area (TPSA) is 29.9 Å². The lowest BCUT2D eigenvalue weighted by atomic mass is 9.95.